The molecule has 18 heavy (non-hydrogen) atoms. The summed E-state index contributed by atoms with van der Waals surface area (Å²) in [5, 5.41) is 11.7. The lowest BCUT2D eigenvalue weighted by molar-refractivity contribution is -0.145. The van der Waals surface area contributed by atoms with E-state index in [1.54, 1.807) is 18.2 Å². The molecule has 0 aromatic heterocycles. The fourth-order valence-electron chi connectivity index (χ4n) is 2.36. The number of aliphatic carboxylic acids is 1. The van der Waals surface area contributed by atoms with Gasteiger partial charge in [-0.1, -0.05) is 6.07 Å². The number of carbonyl (C=O) groups is 2. The second-order valence-corrected chi connectivity index (χ2v) is 4.28. The molecule has 3 rings (SSSR count). The van der Waals surface area contributed by atoms with Crippen LogP contribution in [0.4, 0.5) is 0 Å². The Balaban J connectivity index is 1.95. The van der Waals surface area contributed by atoms with Crippen molar-refractivity contribution in [2.75, 3.05) is 13.3 Å². The van der Waals surface area contributed by atoms with E-state index in [9.17, 15) is 9.59 Å². The Morgan fingerprint density at radius 2 is 2.11 bits per heavy atom. The van der Waals surface area contributed by atoms with Gasteiger partial charge in [0.15, 0.2) is 11.5 Å². The molecule has 6 heteroatoms. The molecule has 1 aromatic rings. The fraction of sp³-hybridized carbons (Fsp3) is 0.333. The fourth-order valence-corrected chi connectivity index (χ4v) is 2.36. The van der Waals surface area contributed by atoms with Crippen molar-refractivity contribution < 1.29 is 24.2 Å². The van der Waals surface area contributed by atoms with E-state index in [0.717, 1.165) is 5.56 Å². The minimum absolute atomic E-state index is 0.170. The average molecular weight is 249 g/mol. The van der Waals surface area contributed by atoms with Gasteiger partial charge < -0.3 is 19.9 Å². The molecule has 0 saturated carbocycles. The van der Waals surface area contributed by atoms with E-state index >= 15 is 0 Å². The lowest BCUT2D eigenvalue weighted by atomic mass is 9.88. The summed E-state index contributed by atoms with van der Waals surface area (Å²) >= 11 is 0. The van der Waals surface area contributed by atoms with Crippen molar-refractivity contribution in [3.8, 4) is 11.5 Å². The van der Waals surface area contributed by atoms with Crippen molar-refractivity contribution in [1.29, 1.82) is 0 Å². The van der Waals surface area contributed by atoms with Gasteiger partial charge in [0, 0.05) is 12.5 Å². The van der Waals surface area contributed by atoms with Crippen molar-refractivity contribution in [2.24, 2.45) is 5.92 Å². The van der Waals surface area contributed by atoms with Crippen LogP contribution < -0.4 is 14.8 Å². The van der Waals surface area contributed by atoms with Crippen LogP contribution in [0.2, 0.25) is 0 Å². The van der Waals surface area contributed by atoms with Gasteiger partial charge in [0.2, 0.25) is 12.7 Å². The Bertz CT molecular complexity index is 527. The molecule has 1 aromatic carbocycles. The average Bonchev–Trinajstić information content (AvgIpc) is 2.93. The van der Waals surface area contributed by atoms with Crippen LogP contribution >= 0.6 is 0 Å². The molecule has 0 bridgehead atoms. The SMILES string of the molecule is O=C(O)[C@H]1C(=O)NC[C@H]1c1ccc2c(c1)OCO2. The molecule has 2 aliphatic rings. The molecule has 1 amide bonds. The predicted molar refractivity (Wildman–Crippen MR) is 59.4 cm³/mol. The Hall–Kier alpha value is -2.24. The van der Waals surface area contributed by atoms with Gasteiger partial charge in [-0.25, -0.2) is 0 Å². The summed E-state index contributed by atoms with van der Waals surface area (Å²) in [6.07, 6.45) is 0. The van der Waals surface area contributed by atoms with Crippen LogP contribution in [0.15, 0.2) is 18.2 Å². The van der Waals surface area contributed by atoms with Crippen molar-refractivity contribution in [3.63, 3.8) is 0 Å². The van der Waals surface area contributed by atoms with Gasteiger partial charge in [0.05, 0.1) is 0 Å². The van der Waals surface area contributed by atoms with E-state index in [4.69, 9.17) is 14.6 Å². The third kappa shape index (κ3) is 1.57. The van der Waals surface area contributed by atoms with Gasteiger partial charge in [0.25, 0.3) is 0 Å². The van der Waals surface area contributed by atoms with Crippen LogP contribution in [-0.4, -0.2) is 30.3 Å². The first-order valence-electron chi connectivity index (χ1n) is 5.57. The molecule has 2 heterocycles. The van der Waals surface area contributed by atoms with Gasteiger partial charge in [0.1, 0.15) is 5.92 Å². The largest absolute Gasteiger partial charge is 0.481 e. The van der Waals surface area contributed by atoms with Crippen LogP contribution in [0.1, 0.15) is 11.5 Å². The number of carboxylic acid groups (broad SMARTS) is 1. The lowest BCUT2D eigenvalue weighted by Gasteiger charge is -2.13. The highest BCUT2D eigenvalue weighted by Crippen LogP contribution is 2.37. The smallest absolute Gasteiger partial charge is 0.316 e. The predicted octanol–water partition coefficient (Wildman–Crippen LogP) is 0.329. The number of carboxylic acids is 1. The third-order valence-electron chi connectivity index (χ3n) is 3.27. The van der Waals surface area contributed by atoms with Crippen LogP contribution in [0.3, 0.4) is 0 Å². The Morgan fingerprint density at radius 1 is 1.33 bits per heavy atom. The van der Waals surface area contributed by atoms with Gasteiger partial charge in [-0.15, -0.1) is 0 Å². The highest BCUT2D eigenvalue weighted by atomic mass is 16.7. The van der Waals surface area contributed by atoms with Crippen LogP contribution in [0.25, 0.3) is 0 Å². The molecule has 94 valence electrons. The highest BCUT2D eigenvalue weighted by molar-refractivity contribution is 5.99. The zero-order chi connectivity index (χ0) is 12.7. The van der Waals surface area contributed by atoms with Gasteiger partial charge in [-0.2, -0.15) is 0 Å². The molecule has 0 aliphatic carbocycles. The quantitative estimate of drug-likeness (QED) is 0.738. The van der Waals surface area contributed by atoms with Crippen molar-refractivity contribution >= 4 is 11.9 Å². The summed E-state index contributed by atoms with van der Waals surface area (Å²) in [5.41, 5.74) is 0.769. The second-order valence-electron chi connectivity index (χ2n) is 4.28. The van der Waals surface area contributed by atoms with E-state index in [0.29, 0.717) is 18.0 Å². The van der Waals surface area contributed by atoms with E-state index in [-0.39, 0.29) is 12.7 Å². The molecule has 0 radical (unpaired) electrons. The number of amides is 1. The highest BCUT2D eigenvalue weighted by Gasteiger charge is 2.41. The number of rotatable bonds is 2. The maximum atomic E-state index is 11.5. The van der Waals surface area contributed by atoms with Crippen LogP contribution in [0, 0.1) is 5.92 Å². The number of ether oxygens (including phenoxy) is 2. The molecule has 2 aliphatic heterocycles. The molecular weight excluding hydrogens is 238 g/mol. The number of nitrogens with one attached hydrogen (secondary N) is 1. The number of carbonyl (C=O) groups excluding carboxylic acids is 1. The summed E-state index contributed by atoms with van der Waals surface area (Å²) < 4.78 is 10.4. The molecule has 2 N–H and O–H groups in total. The Labute approximate surface area is 103 Å². The monoisotopic (exact) mass is 249 g/mol. The zero-order valence-electron chi connectivity index (χ0n) is 9.38. The van der Waals surface area contributed by atoms with Crippen LogP contribution in [-0.2, 0) is 9.59 Å². The summed E-state index contributed by atoms with van der Waals surface area (Å²) in [4.78, 5) is 22.6. The van der Waals surface area contributed by atoms with E-state index in [2.05, 4.69) is 5.32 Å². The first-order valence-corrected chi connectivity index (χ1v) is 5.57. The van der Waals surface area contributed by atoms with Crippen molar-refractivity contribution in [3.05, 3.63) is 23.8 Å². The van der Waals surface area contributed by atoms with E-state index in [1.165, 1.54) is 0 Å². The first-order chi connectivity index (χ1) is 8.66. The van der Waals surface area contributed by atoms with Gasteiger partial charge in [-0.05, 0) is 17.7 Å². The summed E-state index contributed by atoms with van der Waals surface area (Å²) in [6, 6.07) is 5.25. The Morgan fingerprint density at radius 3 is 2.89 bits per heavy atom. The molecule has 6 nitrogen and oxygen atoms in total. The lowest BCUT2D eigenvalue weighted by Crippen LogP contribution is -2.26. The summed E-state index contributed by atoms with van der Waals surface area (Å²) in [7, 11) is 0. The Kier molecular flexibility index (Phi) is 2.36. The number of hydrogen-bond donors (Lipinski definition) is 2. The maximum Gasteiger partial charge on any atom is 0.316 e. The zero-order valence-corrected chi connectivity index (χ0v) is 9.38. The third-order valence-corrected chi connectivity index (χ3v) is 3.27. The second kappa shape index (κ2) is 3.90. The molecule has 1 saturated heterocycles. The number of fused-ring (bicyclic) bond motifs is 1. The molecule has 2 atom stereocenters. The first kappa shape index (κ1) is 10.9. The van der Waals surface area contributed by atoms with Gasteiger partial charge >= 0.3 is 5.97 Å². The summed E-state index contributed by atoms with van der Waals surface area (Å²) in [5.74, 6) is -1.72. The number of hydrogen-bond acceptors (Lipinski definition) is 4. The molecule has 0 unspecified atom stereocenters. The normalized spacial score (nSPS) is 25.0. The van der Waals surface area contributed by atoms with E-state index in [1.807, 2.05) is 0 Å². The maximum absolute atomic E-state index is 11.5. The van der Waals surface area contributed by atoms with Gasteiger partial charge in [-0.3, -0.25) is 9.59 Å². The molecular formula is C12H11NO5. The minimum atomic E-state index is -1.10. The summed E-state index contributed by atoms with van der Waals surface area (Å²) in [6.45, 7) is 0.498. The van der Waals surface area contributed by atoms with Crippen molar-refractivity contribution in [2.45, 2.75) is 5.92 Å². The van der Waals surface area contributed by atoms with Crippen LogP contribution in [0.5, 0.6) is 11.5 Å². The van der Waals surface area contributed by atoms with E-state index < -0.39 is 17.8 Å². The minimum Gasteiger partial charge on any atom is -0.481 e. The number of benzene rings is 1. The van der Waals surface area contributed by atoms with Crippen molar-refractivity contribution in [1.82, 2.24) is 5.32 Å². The topological polar surface area (TPSA) is 84.9 Å². The standard InChI is InChI=1S/C12H11NO5/c14-11-10(12(15)16)7(4-13-11)6-1-2-8-9(3-6)18-5-17-8/h1-3,7,10H,4-5H2,(H,13,14)(H,15,16)/t7-,10+/m0/s1. The molecule has 0 spiro atoms. The molecule has 1 fully saturated rings.